The summed E-state index contributed by atoms with van der Waals surface area (Å²) in [6.45, 7) is 8.41. The second-order valence-electron chi connectivity index (χ2n) is 11.6. The van der Waals surface area contributed by atoms with E-state index in [1.165, 1.54) is 30.6 Å². The van der Waals surface area contributed by atoms with Crippen LogP contribution in [0.5, 0.6) is 0 Å². The lowest BCUT2D eigenvalue weighted by molar-refractivity contribution is -0.140. The number of nitrogens with one attached hydrogen (secondary N) is 3. The van der Waals surface area contributed by atoms with Gasteiger partial charge in [-0.05, 0) is 78.5 Å². The lowest BCUT2D eigenvalue weighted by Crippen LogP contribution is -2.40. The van der Waals surface area contributed by atoms with Gasteiger partial charge in [0.15, 0.2) is 5.69 Å². The van der Waals surface area contributed by atoms with Crippen LogP contribution < -0.4 is 15.4 Å². The molecular formula is C28H35F3N6O4S2. The van der Waals surface area contributed by atoms with Gasteiger partial charge in [0.2, 0.25) is 16.0 Å². The van der Waals surface area contributed by atoms with Gasteiger partial charge >= 0.3 is 12.3 Å². The first-order valence-electron chi connectivity index (χ1n) is 13.8. The Morgan fingerprint density at radius 1 is 1.07 bits per heavy atom. The molecule has 2 heterocycles. The molecule has 0 aliphatic heterocycles. The normalized spacial score (nSPS) is 18.0. The molecule has 0 atom stereocenters. The molecule has 1 aliphatic carbocycles. The standard InChI is InChI=1S/C28H35F3N6O4S2/c1-16(2)41-26(38)35-18-9-7-17(8-10-18)24-36-23(28(29,30)31)22(42-24)20-12-11-19(34-25-32-13-6-14-33-25)15-21(20)43(39,40)37-27(3,4)5/h6,11-18,37H,7-10H2,1-5H3,(H,35,38)(H,32,33,34)/t17-,18-. The molecule has 1 amide bonds. The van der Waals surface area contributed by atoms with Crippen LogP contribution in [-0.4, -0.2) is 47.1 Å². The van der Waals surface area contributed by atoms with E-state index >= 15 is 0 Å². The fourth-order valence-corrected chi connectivity index (χ4v) is 7.76. The highest BCUT2D eigenvalue weighted by atomic mass is 32.2. The zero-order valence-electron chi connectivity index (χ0n) is 24.4. The Hall–Kier alpha value is -3.30. The average Bonchev–Trinajstić information content (AvgIpc) is 3.34. The SMILES string of the molecule is CC(C)OC(=O)N[C@H]1CC[C@H](c2nc(C(F)(F)F)c(-c3ccc(Nc4ncccn4)cc3S(=O)(=O)NC(C)(C)C)s2)CC1. The minimum absolute atomic E-state index is 0.112. The molecule has 1 saturated carbocycles. The predicted molar refractivity (Wildman–Crippen MR) is 158 cm³/mol. The summed E-state index contributed by atoms with van der Waals surface area (Å²) in [4.78, 5) is 23.5. The molecule has 1 fully saturated rings. The molecule has 10 nitrogen and oxygen atoms in total. The number of anilines is 2. The second kappa shape index (κ2) is 12.7. The quantitative estimate of drug-likeness (QED) is 0.251. The third-order valence-electron chi connectivity index (χ3n) is 6.43. The van der Waals surface area contributed by atoms with Crippen molar-refractivity contribution < 1.29 is 31.1 Å². The van der Waals surface area contributed by atoms with Crippen molar-refractivity contribution in [3.63, 3.8) is 0 Å². The van der Waals surface area contributed by atoms with E-state index < -0.39 is 33.5 Å². The van der Waals surface area contributed by atoms with Gasteiger partial charge in [-0.15, -0.1) is 11.3 Å². The summed E-state index contributed by atoms with van der Waals surface area (Å²) >= 11 is 0.847. The number of halogens is 3. The maximum Gasteiger partial charge on any atom is 0.434 e. The Labute approximate surface area is 252 Å². The molecule has 0 spiro atoms. The molecule has 0 saturated heterocycles. The van der Waals surface area contributed by atoms with Crippen LogP contribution in [0.2, 0.25) is 0 Å². The maximum absolute atomic E-state index is 14.4. The number of nitrogens with zero attached hydrogens (tertiary/aromatic N) is 3. The molecule has 2 aromatic heterocycles. The number of carbonyl (C=O) groups excluding carboxylic acids is 1. The maximum atomic E-state index is 14.4. The number of hydrogen-bond donors (Lipinski definition) is 3. The van der Waals surface area contributed by atoms with Crippen LogP contribution in [0.4, 0.5) is 29.6 Å². The highest BCUT2D eigenvalue weighted by Gasteiger charge is 2.41. The minimum Gasteiger partial charge on any atom is -0.447 e. The van der Waals surface area contributed by atoms with E-state index in [-0.39, 0.29) is 50.0 Å². The van der Waals surface area contributed by atoms with E-state index in [0.29, 0.717) is 25.7 Å². The zero-order valence-corrected chi connectivity index (χ0v) is 26.1. The van der Waals surface area contributed by atoms with Crippen molar-refractivity contribution in [3.05, 3.63) is 47.4 Å². The van der Waals surface area contributed by atoms with Gasteiger partial charge in [0, 0.05) is 41.1 Å². The molecule has 0 radical (unpaired) electrons. The Bertz CT molecular complexity index is 1530. The Morgan fingerprint density at radius 3 is 2.30 bits per heavy atom. The number of aromatic nitrogens is 3. The van der Waals surface area contributed by atoms with Gasteiger partial charge in [-0.25, -0.2) is 32.9 Å². The van der Waals surface area contributed by atoms with Gasteiger partial charge in [-0.3, -0.25) is 0 Å². The number of sulfonamides is 1. The number of amides is 1. The number of alkyl halides is 3. The van der Waals surface area contributed by atoms with Crippen molar-refractivity contribution in [1.82, 2.24) is 25.0 Å². The molecule has 0 unspecified atom stereocenters. The van der Waals surface area contributed by atoms with E-state index in [1.807, 2.05) is 0 Å². The molecule has 1 aliphatic rings. The van der Waals surface area contributed by atoms with Crippen molar-refractivity contribution in [1.29, 1.82) is 0 Å². The van der Waals surface area contributed by atoms with Crippen LogP contribution in [0.3, 0.4) is 0 Å². The summed E-state index contributed by atoms with van der Waals surface area (Å²) in [5, 5.41) is 5.98. The Kier molecular flexibility index (Phi) is 9.66. The van der Waals surface area contributed by atoms with Crippen LogP contribution in [0.25, 0.3) is 10.4 Å². The van der Waals surface area contributed by atoms with Gasteiger partial charge in [-0.1, -0.05) is 6.07 Å². The minimum atomic E-state index is -4.82. The topological polar surface area (TPSA) is 135 Å². The molecule has 3 aromatic rings. The van der Waals surface area contributed by atoms with Crippen LogP contribution in [0.15, 0.2) is 41.6 Å². The molecule has 43 heavy (non-hydrogen) atoms. The van der Waals surface area contributed by atoms with Gasteiger partial charge < -0.3 is 15.4 Å². The van der Waals surface area contributed by atoms with Gasteiger partial charge in [0.1, 0.15) is 0 Å². The van der Waals surface area contributed by atoms with E-state index in [9.17, 15) is 26.4 Å². The molecule has 15 heteroatoms. The van der Waals surface area contributed by atoms with Gasteiger partial charge in [-0.2, -0.15) is 13.2 Å². The van der Waals surface area contributed by atoms with Crippen LogP contribution in [0.1, 0.15) is 76.9 Å². The molecule has 4 rings (SSSR count). The molecular weight excluding hydrogens is 605 g/mol. The van der Waals surface area contributed by atoms with Crippen LogP contribution >= 0.6 is 11.3 Å². The third-order valence-corrected chi connectivity index (χ3v) is 9.48. The number of ether oxygens (including phenoxy) is 1. The van der Waals surface area contributed by atoms with E-state index in [1.54, 1.807) is 40.7 Å². The highest BCUT2D eigenvalue weighted by Crippen LogP contribution is 2.46. The van der Waals surface area contributed by atoms with E-state index in [0.717, 1.165) is 11.3 Å². The monoisotopic (exact) mass is 640 g/mol. The first-order chi connectivity index (χ1) is 20.0. The number of rotatable bonds is 8. The fraction of sp³-hybridized carbons (Fsp3) is 0.500. The number of carbonyl (C=O) groups is 1. The number of thiazole rings is 1. The number of hydrogen-bond acceptors (Lipinski definition) is 9. The number of benzene rings is 1. The Balaban J connectivity index is 1.71. The molecule has 0 bridgehead atoms. The van der Waals surface area contributed by atoms with Crippen molar-refractivity contribution in [2.24, 2.45) is 0 Å². The summed E-state index contributed by atoms with van der Waals surface area (Å²) in [5.74, 6) is -0.0797. The van der Waals surface area contributed by atoms with E-state index in [4.69, 9.17) is 4.74 Å². The van der Waals surface area contributed by atoms with Crippen molar-refractivity contribution >= 4 is 39.1 Å². The van der Waals surface area contributed by atoms with Crippen molar-refractivity contribution in [2.75, 3.05) is 5.32 Å². The third kappa shape index (κ3) is 8.63. The smallest absolute Gasteiger partial charge is 0.434 e. The summed E-state index contributed by atoms with van der Waals surface area (Å²) in [6, 6.07) is 5.55. The molecule has 234 valence electrons. The van der Waals surface area contributed by atoms with Crippen molar-refractivity contribution in [2.45, 2.75) is 95.0 Å². The summed E-state index contributed by atoms with van der Waals surface area (Å²) in [7, 11) is -4.29. The predicted octanol–water partition coefficient (Wildman–Crippen LogP) is 6.60. The lowest BCUT2D eigenvalue weighted by atomic mass is 9.86. The first kappa shape index (κ1) is 32.6. The average molecular weight is 641 g/mol. The largest absolute Gasteiger partial charge is 0.447 e. The lowest BCUT2D eigenvalue weighted by Gasteiger charge is -2.28. The highest BCUT2D eigenvalue weighted by molar-refractivity contribution is 7.89. The van der Waals surface area contributed by atoms with Gasteiger partial charge in [0.25, 0.3) is 0 Å². The molecule has 1 aromatic carbocycles. The summed E-state index contributed by atoms with van der Waals surface area (Å²) in [5.41, 5.74) is -1.86. The van der Waals surface area contributed by atoms with Crippen LogP contribution in [-0.2, 0) is 20.9 Å². The Morgan fingerprint density at radius 2 is 1.72 bits per heavy atom. The summed E-state index contributed by atoms with van der Waals surface area (Å²) < 4.78 is 78.0. The molecule has 3 N–H and O–H groups in total. The first-order valence-corrected chi connectivity index (χ1v) is 16.1. The van der Waals surface area contributed by atoms with Crippen LogP contribution in [0, 0.1) is 0 Å². The fourth-order valence-electron chi connectivity index (χ4n) is 4.75. The second-order valence-corrected chi connectivity index (χ2v) is 14.3. The zero-order chi connectivity index (χ0) is 31.6. The van der Waals surface area contributed by atoms with E-state index in [2.05, 4.69) is 30.3 Å². The van der Waals surface area contributed by atoms with Gasteiger partial charge in [0.05, 0.1) is 20.9 Å². The van der Waals surface area contributed by atoms with Crippen molar-refractivity contribution in [3.8, 4) is 10.4 Å². The summed E-state index contributed by atoms with van der Waals surface area (Å²) in [6.07, 6.45) is -0.512. The number of alkyl carbamates (subject to hydrolysis) is 1.